The van der Waals surface area contributed by atoms with Crippen molar-refractivity contribution in [2.45, 2.75) is 6.92 Å². The number of amides is 1. The highest BCUT2D eigenvalue weighted by Crippen LogP contribution is 2.17. The molecule has 4 radical (unpaired) electrons. The standard InChI is InChI=1S/C8H7B2NO2/c1-6(12)11(9)7-2-4-8(13-10)5-3-7/h2-5H,1H3. The maximum atomic E-state index is 10.8. The number of carbonyl (C=O) groups excluding carboxylic acids is 1. The molecule has 0 spiro atoms. The Morgan fingerprint density at radius 3 is 2.31 bits per heavy atom. The highest BCUT2D eigenvalue weighted by molar-refractivity contribution is 6.30. The topological polar surface area (TPSA) is 29.5 Å². The molecule has 0 heterocycles. The lowest BCUT2D eigenvalue weighted by Gasteiger charge is -2.15. The minimum atomic E-state index is -0.235. The van der Waals surface area contributed by atoms with Crippen molar-refractivity contribution in [3.63, 3.8) is 0 Å². The zero-order valence-electron chi connectivity index (χ0n) is 7.23. The van der Waals surface area contributed by atoms with Crippen LogP contribution in [0.3, 0.4) is 0 Å². The molecule has 0 unspecified atom stereocenters. The van der Waals surface area contributed by atoms with Crippen molar-refractivity contribution < 1.29 is 9.45 Å². The first-order valence-corrected chi connectivity index (χ1v) is 3.67. The molecule has 1 aromatic rings. The van der Waals surface area contributed by atoms with Crippen LogP contribution in [0.5, 0.6) is 5.75 Å². The Morgan fingerprint density at radius 1 is 1.38 bits per heavy atom. The van der Waals surface area contributed by atoms with Gasteiger partial charge >= 0.3 is 8.05 Å². The molecule has 0 bridgehead atoms. The van der Waals surface area contributed by atoms with Crippen molar-refractivity contribution in [2.75, 3.05) is 4.81 Å². The van der Waals surface area contributed by atoms with Gasteiger partial charge in [-0.1, -0.05) is 0 Å². The molecule has 5 heteroatoms. The second-order valence-electron chi connectivity index (χ2n) is 2.50. The SMILES string of the molecule is [B]Oc1ccc(N([B])C(C)=O)cc1. The molecule has 1 aromatic carbocycles. The fourth-order valence-corrected chi connectivity index (χ4v) is 0.867. The van der Waals surface area contributed by atoms with E-state index in [2.05, 4.69) is 4.65 Å². The number of hydrogen-bond donors (Lipinski definition) is 0. The smallest absolute Gasteiger partial charge is 0.374 e. The molecule has 62 valence electrons. The summed E-state index contributed by atoms with van der Waals surface area (Å²) in [5, 5.41) is 0. The highest BCUT2D eigenvalue weighted by atomic mass is 16.4. The number of rotatable bonds is 2. The summed E-state index contributed by atoms with van der Waals surface area (Å²) < 4.78 is 4.47. The van der Waals surface area contributed by atoms with Gasteiger partial charge in [-0.3, -0.25) is 4.79 Å². The first kappa shape index (κ1) is 9.71. The van der Waals surface area contributed by atoms with Crippen molar-refractivity contribution >= 4 is 27.6 Å². The molecule has 0 fully saturated rings. The maximum Gasteiger partial charge on any atom is 0.374 e. The predicted molar refractivity (Wildman–Crippen MR) is 51.7 cm³/mol. The van der Waals surface area contributed by atoms with Gasteiger partial charge in [-0.15, -0.1) is 0 Å². The van der Waals surface area contributed by atoms with Gasteiger partial charge in [0.05, 0.1) is 5.75 Å². The Labute approximate surface area is 79.6 Å². The normalized spacial score (nSPS) is 9.31. The van der Waals surface area contributed by atoms with E-state index in [4.69, 9.17) is 16.0 Å². The lowest BCUT2D eigenvalue weighted by molar-refractivity contribution is -0.115. The summed E-state index contributed by atoms with van der Waals surface area (Å²) in [6.07, 6.45) is 0. The van der Waals surface area contributed by atoms with Gasteiger partial charge in [0.25, 0.3) is 0 Å². The molecular formula is C8H7B2NO2. The maximum absolute atomic E-state index is 10.8. The third kappa shape index (κ3) is 2.28. The van der Waals surface area contributed by atoms with E-state index in [0.717, 1.165) is 4.81 Å². The second kappa shape index (κ2) is 4.03. The minimum Gasteiger partial charge on any atom is -0.568 e. The van der Waals surface area contributed by atoms with E-state index in [1.54, 1.807) is 24.3 Å². The molecule has 3 nitrogen and oxygen atoms in total. The van der Waals surface area contributed by atoms with Gasteiger partial charge in [0.1, 0.15) is 0 Å². The van der Waals surface area contributed by atoms with Crippen LogP contribution in [0.2, 0.25) is 0 Å². The van der Waals surface area contributed by atoms with E-state index < -0.39 is 0 Å². The van der Waals surface area contributed by atoms with Gasteiger partial charge in [0, 0.05) is 12.6 Å². The largest absolute Gasteiger partial charge is 0.568 e. The van der Waals surface area contributed by atoms with Crippen molar-refractivity contribution in [3.05, 3.63) is 24.3 Å². The molecule has 0 saturated heterocycles. The summed E-state index contributed by atoms with van der Waals surface area (Å²) in [6.45, 7) is 1.38. The van der Waals surface area contributed by atoms with E-state index in [1.807, 2.05) is 0 Å². The zero-order chi connectivity index (χ0) is 9.84. The fourth-order valence-electron chi connectivity index (χ4n) is 0.867. The Bertz CT molecular complexity index is 300. The summed E-state index contributed by atoms with van der Waals surface area (Å²) >= 11 is 0. The van der Waals surface area contributed by atoms with E-state index >= 15 is 0 Å². The summed E-state index contributed by atoms with van der Waals surface area (Å²) in [4.78, 5) is 11.9. The minimum absolute atomic E-state index is 0.235. The number of carbonyl (C=O) groups is 1. The van der Waals surface area contributed by atoms with E-state index in [-0.39, 0.29) is 5.91 Å². The molecule has 13 heavy (non-hydrogen) atoms. The van der Waals surface area contributed by atoms with Crippen LogP contribution in [-0.2, 0) is 4.79 Å². The molecule has 0 saturated carbocycles. The second-order valence-corrected chi connectivity index (χ2v) is 2.50. The zero-order valence-corrected chi connectivity index (χ0v) is 7.23. The van der Waals surface area contributed by atoms with Crippen LogP contribution in [0.15, 0.2) is 24.3 Å². The van der Waals surface area contributed by atoms with Gasteiger partial charge in [-0.2, -0.15) is 0 Å². The van der Waals surface area contributed by atoms with Crippen LogP contribution in [-0.4, -0.2) is 21.9 Å². The lowest BCUT2D eigenvalue weighted by Crippen LogP contribution is -2.24. The first-order chi connectivity index (χ1) is 6.15. The predicted octanol–water partition coefficient (Wildman–Crippen LogP) is 0.585. The Kier molecular flexibility index (Phi) is 3.01. The first-order valence-electron chi connectivity index (χ1n) is 3.67. The monoisotopic (exact) mass is 171 g/mol. The molecule has 0 aliphatic rings. The van der Waals surface area contributed by atoms with Gasteiger partial charge in [0.2, 0.25) is 13.9 Å². The number of nitrogens with zero attached hydrogens (tertiary/aromatic N) is 1. The summed E-state index contributed by atoms with van der Waals surface area (Å²) in [7, 11) is 10.4. The molecule has 1 rings (SSSR count). The van der Waals surface area contributed by atoms with Gasteiger partial charge < -0.3 is 9.47 Å². The average Bonchev–Trinajstić information content (AvgIpc) is 2.17. The Hall–Kier alpha value is -1.38. The Morgan fingerprint density at radius 2 is 1.92 bits per heavy atom. The van der Waals surface area contributed by atoms with Crippen molar-refractivity contribution in [1.29, 1.82) is 0 Å². The van der Waals surface area contributed by atoms with Crippen LogP contribution < -0.4 is 9.47 Å². The molecule has 0 atom stereocenters. The fraction of sp³-hybridized carbons (Fsp3) is 0.125. The van der Waals surface area contributed by atoms with Gasteiger partial charge in [0.15, 0.2) is 0 Å². The summed E-state index contributed by atoms with van der Waals surface area (Å²) in [6, 6.07) is 6.53. The third-order valence-corrected chi connectivity index (χ3v) is 1.59. The molecule has 0 aromatic heterocycles. The number of anilines is 1. The van der Waals surface area contributed by atoms with Crippen LogP contribution in [0.25, 0.3) is 0 Å². The number of hydrogen-bond acceptors (Lipinski definition) is 2. The van der Waals surface area contributed by atoms with Crippen LogP contribution in [0.4, 0.5) is 5.69 Å². The van der Waals surface area contributed by atoms with Crippen molar-refractivity contribution in [2.24, 2.45) is 0 Å². The van der Waals surface area contributed by atoms with E-state index in [0.29, 0.717) is 11.4 Å². The quantitative estimate of drug-likeness (QED) is 0.609. The van der Waals surface area contributed by atoms with Crippen LogP contribution >= 0.6 is 0 Å². The van der Waals surface area contributed by atoms with Gasteiger partial charge in [-0.05, 0) is 24.3 Å². The van der Waals surface area contributed by atoms with Crippen LogP contribution in [0, 0.1) is 0 Å². The molecule has 1 amide bonds. The molecular weight excluding hydrogens is 164 g/mol. The summed E-state index contributed by atoms with van der Waals surface area (Å²) in [5.74, 6) is 0.280. The van der Waals surface area contributed by atoms with Crippen molar-refractivity contribution in [3.8, 4) is 5.75 Å². The highest BCUT2D eigenvalue weighted by Gasteiger charge is 2.03. The molecule has 0 N–H and O–H groups in total. The van der Waals surface area contributed by atoms with E-state index in [9.17, 15) is 4.79 Å². The van der Waals surface area contributed by atoms with Gasteiger partial charge in [-0.25, -0.2) is 0 Å². The summed E-state index contributed by atoms with van der Waals surface area (Å²) in [5.41, 5.74) is 0.591. The Balaban J connectivity index is 2.85. The third-order valence-electron chi connectivity index (χ3n) is 1.59. The number of benzene rings is 1. The average molecular weight is 171 g/mol. The lowest BCUT2D eigenvalue weighted by atomic mass is 10.2. The molecule has 0 aliphatic carbocycles. The van der Waals surface area contributed by atoms with Crippen molar-refractivity contribution in [1.82, 2.24) is 0 Å². The molecule has 0 aliphatic heterocycles. The van der Waals surface area contributed by atoms with E-state index in [1.165, 1.54) is 6.92 Å². The van der Waals surface area contributed by atoms with Crippen LogP contribution in [0.1, 0.15) is 6.92 Å².